The van der Waals surface area contributed by atoms with Gasteiger partial charge in [-0.1, -0.05) is 55.8 Å². The van der Waals surface area contributed by atoms with Crippen LogP contribution in [0.25, 0.3) is 11.1 Å². The van der Waals surface area contributed by atoms with E-state index in [9.17, 15) is 4.79 Å². The van der Waals surface area contributed by atoms with Gasteiger partial charge in [0.15, 0.2) is 0 Å². The van der Waals surface area contributed by atoms with Crippen molar-refractivity contribution in [3.8, 4) is 11.1 Å². The lowest BCUT2D eigenvalue weighted by molar-refractivity contribution is 0.251. The lowest BCUT2D eigenvalue weighted by Crippen LogP contribution is -2.19. The van der Waals surface area contributed by atoms with Gasteiger partial charge in [0, 0.05) is 23.5 Å². The van der Waals surface area contributed by atoms with Crippen LogP contribution in [0.3, 0.4) is 0 Å². The topological polar surface area (TPSA) is 72.9 Å². The third-order valence-electron chi connectivity index (χ3n) is 4.09. The normalized spacial score (nSPS) is 11.9. The molecule has 0 saturated carbocycles. The number of hydrogen-bond donors (Lipinski definition) is 2. The fraction of sp³-hybridized carbons (Fsp3) is 0.200. The predicted molar refractivity (Wildman–Crippen MR) is 100 cm³/mol. The van der Waals surface area contributed by atoms with Gasteiger partial charge in [-0.3, -0.25) is 0 Å². The van der Waals surface area contributed by atoms with Crippen molar-refractivity contribution in [3.05, 3.63) is 72.6 Å². The maximum Gasteiger partial charge on any atom is 0.346 e. The first-order chi connectivity index (χ1) is 12.2. The Hall–Kier alpha value is -2.92. The second-order valence-corrected chi connectivity index (χ2v) is 5.99. The molecule has 25 heavy (non-hydrogen) atoms. The fourth-order valence-electron chi connectivity index (χ4n) is 2.69. The first-order valence-corrected chi connectivity index (χ1v) is 8.44. The van der Waals surface area contributed by atoms with E-state index in [4.69, 9.17) is 5.73 Å². The number of carbonyl (C=O) groups excluding carboxylic acids is 1. The molecule has 3 aromatic rings. The number of amides is 1. The lowest BCUT2D eigenvalue weighted by Gasteiger charge is -2.11. The molecule has 1 aromatic heterocycles. The van der Waals surface area contributed by atoms with E-state index in [-0.39, 0.29) is 12.1 Å². The maximum atomic E-state index is 12.3. The first-order valence-electron chi connectivity index (χ1n) is 8.44. The van der Waals surface area contributed by atoms with Gasteiger partial charge >= 0.3 is 6.03 Å². The van der Waals surface area contributed by atoms with Crippen LogP contribution in [0.1, 0.15) is 31.4 Å². The Morgan fingerprint density at radius 2 is 1.84 bits per heavy atom. The third-order valence-corrected chi connectivity index (χ3v) is 4.09. The summed E-state index contributed by atoms with van der Waals surface area (Å²) in [5.74, 6) is 0. The highest BCUT2D eigenvalue weighted by Crippen LogP contribution is 2.20. The summed E-state index contributed by atoms with van der Waals surface area (Å²) in [6, 6.07) is 17.2. The highest BCUT2D eigenvalue weighted by molar-refractivity contribution is 5.90. The van der Waals surface area contributed by atoms with Crippen LogP contribution in [0.5, 0.6) is 0 Å². The van der Waals surface area contributed by atoms with E-state index in [0.29, 0.717) is 5.69 Å². The summed E-state index contributed by atoms with van der Waals surface area (Å²) in [4.78, 5) is 12.3. The summed E-state index contributed by atoms with van der Waals surface area (Å²) in [5.41, 5.74) is 9.82. The molecular formula is C20H22N4O. The monoisotopic (exact) mass is 334 g/mol. The Balaban J connectivity index is 1.67. The van der Waals surface area contributed by atoms with Gasteiger partial charge in [-0.2, -0.15) is 9.78 Å². The van der Waals surface area contributed by atoms with Crippen LogP contribution < -0.4 is 11.1 Å². The molecule has 0 aliphatic rings. The van der Waals surface area contributed by atoms with Gasteiger partial charge in [-0.25, -0.2) is 4.79 Å². The summed E-state index contributed by atoms with van der Waals surface area (Å²) >= 11 is 0. The number of nitrogens with two attached hydrogens (primary N) is 1. The Labute approximate surface area is 147 Å². The predicted octanol–water partition coefficient (Wildman–Crippen LogP) is 4.43. The molecule has 0 fully saturated rings. The molecular weight excluding hydrogens is 312 g/mol. The van der Waals surface area contributed by atoms with Crippen molar-refractivity contribution < 1.29 is 4.79 Å². The maximum absolute atomic E-state index is 12.3. The zero-order chi connectivity index (χ0) is 17.6. The van der Waals surface area contributed by atoms with E-state index in [1.807, 2.05) is 54.6 Å². The molecule has 5 heteroatoms. The van der Waals surface area contributed by atoms with Crippen LogP contribution in [-0.2, 0) is 0 Å². The molecule has 0 bridgehead atoms. The van der Waals surface area contributed by atoms with Crippen LogP contribution in [-0.4, -0.2) is 15.8 Å². The van der Waals surface area contributed by atoms with Crippen molar-refractivity contribution >= 4 is 11.7 Å². The highest BCUT2D eigenvalue weighted by atomic mass is 16.2. The summed E-state index contributed by atoms with van der Waals surface area (Å²) in [6.07, 6.45) is 5.39. The molecule has 0 saturated heterocycles. The second-order valence-electron chi connectivity index (χ2n) is 5.99. The Bertz CT molecular complexity index is 824. The van der Waals surface area contributed by atoms with Gasteiger partial charge in [-0.05, 0) is 29.7 Å². The number of carbonyl (C=O) groups is 1. The number of anilines is 1. The molecule has 2 aromatic carbocycles. The number of nitrogens with one attached hydrogen (secondary N) is 1. The van der Waals surface area contributed by atoms with Crippen LogP contribution in [0.15, 0.2) is 67.0 Å². The fourth-order valence-corrected chi connectivity index (χ4v) is 2.69. The number of aromatic nitrogens is 2. The smallest absolute Gasteiger partial charge is 0.324 e. The summed E-state index contributed by atoms with van der Waals surface area (Å²) in [5, 5.41) is 6.99. The van der Waals surface area contributed by atoms with Gasteiger partial charge < -0.3 is 11.1 Å². The van der Waals surface area contributed by atoms with Crippen LogP contribution in [0, 0.1) is 0 Å². The van der Waals surface area contributed by atoms with E-state index in [2.05, 4.69) is 17.3 Å². The molecule has 5 nitrogen and oxygen atoms in total. The van der Waals surface area contributed by atoms with Gasteiger partial charge in [0.25, 0.3) is 0 Å². The number of hydrogen-bond acceptors (Lipinski definition) is 3. The first kappa shape index (κ1) is 16.9. The van der Waals surface area contributed by atoms with Gasteiger partial charge in [0.2, 0.25) is 0 Å². The van der Waals surface area contributed by atoms with Gasteiger partial charge in [-0.15, -0.1) is 0 Å². The van der Waals surface area contributed by atoms with E-state index in [1.54, 1.807) is 12.4 Å². The average molecular weight is 334 g/mol. The highest BCUT2D eigenvalue weighted by Gasteiger charge is 2.09. The van der Waals surface area contributed by atoms with Crippen molar-refractivity contribution in [3.63, 3.8) is 0 Å². The zero-order valence-electron chi connectivity index (χ0n) is 14.2. The minimum absolute atomic E-state index is 0.0364. The molecule has 0 radical (unpaired) electrons. The quantitative estimate of drug-likeness (QED) is 0.725. The third kappa shape index (κ3) is 4.14. The SMILES string of the molecule is CCCC(N)c1ccc(NC(=O)n2cc(-c3ccccc3)cn2)cc1. The Morgan fingerprint density at radius 1 is 1.12 bits per heavy atom. The Morgan fingerprint density at radius 3 is 2.52 bits per heavy atom. The lowest BCUT2D eigenvalue weighted by atomic mass is 10.0. The minimum Gasteiger partial charge on any atom is -0.324 e. The van der Waals surface area contributed by atoms with Crippen LogP contribution >= 0.6 is 0 Å². The molecule has 3 N–H and O–H groups in total. The summed E-state index contributed by atoms with van der Waals surface area (Å²) in [7, 11) is 0. The Kier molecular flexibility index (Phi) is 5.26. The van der Waals surface area contributed by atoms with E-state index in [0.717, 1.165) is 29.5 Å². The van der Waals surface area contributed by atoms with Crippen LogP contribution in [0.2, 0.25) is 0 Å². The van der Waals surface area contributed by atoms with Gasteiger partial charge in [0.1, 0.15) is 0 Å². The number of benzene rings is 2. The van der Waals surface area contributed by atoms with E-state index >= 15 is 0 Å². The second kappa shape index (κ2) is 7.77. The number of nitrogens with zero attached hydrogens (tertiary/aromatic N) is 2. The minimum atomic E-state index is -0.298. The summed E-state index contributed by atoms with van der Waals surface area (Å²) in [6.45, 7) is 2.11. The molecule has 0 spiro atoms. The van der Waals surface area contributed by atoms with E-state index in [1.165, 1.54) is 4.68 Å². The molecule has 128 valence electrons. The zero-order valence-corrected chi connectivity index (χ0v) is 14.2. The molecule has 3 rings (SSSR count). The van der Waals surface area contributed by atoms with Gasteiger partial charge in [0.05, 0.1) is 6.20 Å². The van der Waals surface area contributed by atoms with E-state index < -0.39 is 0 Å². The molecule has 0 aliphatic heterocycles. The van der Waals surface area contributed by atoms with Crippen molar-refractivity contribution in [2.75, 3.05) is 5.32 Å². The number of rotatable bonds is 5. The molecule has 1 amide bonds. The molecule has 1 heterocycles. The standard InChI is InChI=1S/C20H22N4O/c1-2-6-19(21)16-9-11-18(12-10-16)23-20(25)24-14-17(13-22-24)15-7-4-3-5-8-15/h3-5,7-14,19H,2,6,21H2,1H3,(H,23,25). The summed E-state index contributed by atoms with van der Waals surface area (Å²) < 4.78 is 1.30. The van der Waals surface area contributed by atoms with Crippen LogP contribution in [0.4, 0.5) is 10.5 Å². The molecule has 0 aliphatic carbocycles. The largest absolute Gasteiger partial charge is 0.346 e. The van der Waals surface area contributed by atoms with Crippen molar-refractivity contribution in [2.24, 2.45) is 5.73 Å². The van der Waals surface area contributed by atoms with Crippen molar-refractivity contribution in [1.82, 2.24) is 9.78 Å². The molecule has 1 unspecified atom stereocenters. The van der Waals surface area contributed by atoms with Crippen molar-refractivity contribution in [1.29, 1.82) is 0 Å². The average Bonchev–Trinajstić information content (AvgIpc) is 3.13. The van der Waals surface area contributed by atoms with Crippen molar-refractivity contribution in [2.45, 2.75) is 25.8 Å². The molecule has 1 atom stereocenters.